The van der Waals surface area contributed by atoms with Gasteiger partial charge in [0.25, 0.3) is 0 Å². The highest BCUT2D eigenvalue weighted by atomic mass is 32.2. The topological polar surface area (TPSA) is 92.1 Å². The Morgan fingerprint density at radius 1 is 1.50 bits per heavy atom. The number of nitriles is 1. The van der Waals surface area contributed by atoms with Crippen LogP contribution in [0.5, 0.6) is 0 Å². The van der Waals surface area contributed by atoms with Gasteiger partial charge in [-0.15, -0.1) is 0 Å². The molecular formula is C13H17N3O3S. The van der Waals surface area contributed by atoms with Crippen molar-refractivity contribution in [1.82, 2.24) is 9.71 Å². The zero-order valence-corrected chi connectivity index (χ0v) is 11.9. The number of rotatable bonds is 5. The lowest BCUT2D eigenvalue weighted by Gasteiger charge is -2.22. The van der Waals surface area contributed by atoms with Gasteiger partial charge in [-0.1, -0.05) is 0 Å². The van der Waals surface area contributed by atoms with Gasteiger partial charge in [0, 0.05) is 19.3 Å². The van der Waals surface area contributed by atoms with Crippen LogP contribution in [-0.2, 0) is 14.8 Å². The number of nitrogens with one attached hydrogen (secondary N) is 1. The minimum absolute atomic E-state index is 0.0768. The van der Waals surface area contributed by atoms with Crippen LogP contribution in [0.1, 0.15) is 31.4 Å². The SMILES string of the molecule is N#Cc1ncccc1S(=O)(=O)NCCC1CCCCO1. The summed E-state index contributed by atoms with van der Waals surface area (Å²) in [5.74, 6) is 0. The molecule has 0 bridgehead atoms. The Bertz CT molecular complexity index is 589. The molecule has 1 aromatic rings. The molecule has 0 radical (unpaired) electrons. The quantitative estimate of drug-likeness (QED) is 0.881. The van der Waals surface area contributed by atoms with E-state index in [4.69, 9.17) is 10.00 Å². The highest BCUT2D eigenvalue weighted by Gasteiger charge is 2.20. The fraction of sp³-hybridized carbons (Fsp3) is 0.538. The number of aromatic nitrogens is 1. The molecule has 1 unspecified atom stereocenters. The second kappa shape index (κ2) is 6.79. The molecule has 108 valence electrons. The van der Waals surface area contributed by atoms with Gasteiger partial charge in [-0.25, -0.2) is 18.1 Å². The van der Waals surface area contributed by atoms with Gasteiger partial charge in [-0.3, -0.25) is 0 Å². The predicted molar refractivity (Wildman–Crippen MR) is 72.3 cm³/mol. The van der Waals surface area contributed by atoms with E-state index in [9.17, 15) is 8.42 Å². The van der Waals surface area contributed by atoms with Crippen LogP contribution in [0.4, 0.5) is 0 Å². The summed E-state index contributed by atoms with van der Waals surface area (Å²) in [6.45, 7) is 1.05. The third kappa shape index (κ3) is 3.76. The number of sulfonamides is 1. The molecule has 1 saturated heterocycles. The number of nitrogens with zero attached hydrogens (tertiary/aromatic N) is 2. The van der Waals surface area contributed by atoms with Crippen molar-refractivity contribution in [2.45, 2.75) is 36.7 Å². The highest BCUT2D eigenvalue weighted by molar-refractivity contribution is 7.89. The molecule has 2 rings (SSSR count). The lowest BCUT2D eigenvalue weighted by molar-refractivity contribution is 0.0123. The molecule has 1 aliphatic heterocycles. The van der Waals surface area contributed by atoms with Crippen LogP contribution in [0.2, 0.25) is 0 Å². The molecule has 1 atom stereocenters. The molecule has 1 aromatic heterocycles. The molecule has 7 heteroatoms. The largest absolute Gasteiger partial charge is 0.378 e. The van der Waals surface area contributed by atoms with Crippen molar-refractivity contribution in [2.24, 2.45) is 0 Å². The fourth-order valence-corrected chi connectivity index (χ4v) is 3.31. The summed E-state index contributed by atoms with van der Waals surface area (Å²) in [6, 6.07) is 4.67. The Kier molecular flexibility index (Phi) is 5.06. The zero-order valence-electron chi connectivity index (χ0n) is 11.1. The van der Waals surface area contributed by atoms with E-state index in [2.05, 4.69) is 9.71 Å². The number of pyridine rings is 1. The summed E-state index contributed by atoms with van der Waals surface area (Å²) in [7, 11) is -3.69. The Morgan fingerprint density at radius 2 is 2.35 bits per heavy atom. The molecule has 6 nitrogen and oxygen atoms in total. The Hall–Kier alpha value is -1.49. The Morgan fingerprint density at radius 3 is 3.05 bits per heavy atom. The van der Waals surface area contributed by atoms with Crippen molar-refractivity contribution in [3.8, 4) is 6.07 Å². The standard InChI is InChI=1S/C13H17N3O3S/c14-10-12-13(5-3-7-15-12)20(17,18)16-8-6-11-4-1-2-9-19-11/h3,5,7,11,16H,1-2,4,6,8-9H2. The van der Waals surface area contributed by atoms with Gasteiger partial charge in [-0.05, 0) is 37.8 Å². The van der Waals surface area contributed by atoms with Crippen molar-refractivity contribution < 1.29 is 13.2 Å². The molecule has 1 aliphatic rings. The van der Waals surface area contributed by atoms with Crippen molar-refractivity contribution in [1.29, 1.82) is 5.26 Å². The first-order valence-corrected chi connectivity index (χ1v) is 8.08. The summed E-state index contributed by atoms with van der Waals surface area (Å²) in [5.41, 5.74) is -0.0890. The van der Waals surface area contributed by atoms with Crippen LogP contribution in [0.25, 0.3) is 0 Å². The summed E-state index contributed by atoms with van der Waals surface area (Å²) in [6.07, 6.45) is 5.32. The first kappa shape index (κ1) is 14.9. The van der Waals surface area contributed by atoms with Gasteiger partial charge < -0.3 is 4.74 Å². The highest BCUT2D eigenvalue weighted by Crippen LogP contribution is 2.16. The number of hydrogen-bond acceptors (Lipinski definition) is 5. The van der Waals surface area contributed by atoms with E-state index in [1.54, 1.807) is 6.07 Å². The molecular weight excluding hydrogens is 278 g/mol. The molecule has 0 amide bonds. The molecule has 1 N–H and O–H groups in total. The van der Waals surface area contributed by atoms with E-state index in [1.165, 1.54) is 18.3 Å². The average Bonchev–Trinajstić information content (AvgIpc) is 2.48. The van der Waals surface area contributed by atoms with Crippen LogP contribution in [-0.4, -0.2) is 32.7 Å². The molecule has 1 fully saturated rings. The van der Waals surface area contributed by atoms with E-state index in [-0.39, 0.29) is 16.7 Å². The van der Waals surface area contributed by atoms with Crippen LogP contribution < -0.4 is 4.72 Å². The van der Waals surface area contributed by atoms with Gasteiger partial charge >= 0.3 is 0 Å². The van der Waals surface area contributed by atoms with Crippen LogP contribution >= 0.6 is 0 Å². The summed E-state index contributed by atoms with van der Waals surface area (Å²) >= 11 is 0. The van der Waals surface area contributed by atoms with Gasteiger partial charge in [0.2, 0.25) is 10.0 Å². The normalized spacial score (nSPS) is 19.4. The predicted octanol–water partition coefficient (Wildman–Crippen LogP) is 1.19. The van der Waals surface area contributed by atoms with Gasteiger partial charge in [-0.2, -0.15) is 5.26 Å². The minimum atomic E-state index is -3.69. The minimum Gasteiger partial charge on any atom is -0.378 e. The smallest absolute Gasteiger partial charge is 0.243 e. The molecule has 20 heavy (non-hydrogen) atoms. The van der Waals surface area contributed by atoms with E-state index >= 15 is 0 Å². The Labute approximate surface area is 118 Å². The number of hydrogen-bond donors (Lipinski definition) is 1. The second-order valence-electron chi connectivity index (χ2n) is 4.64. The fourth-order valence-electron chi connectivity index (χ4n) is 2.16. The van der Waals surface area contributed by atoms with E-state index in [0.29, 0.717) is 13.0 Å². The lowest BCUT2D eigenvalue weighted by atomic mass is 10.1. The zero-order chi connectivity index (χ0) is 14.4. The van der Waals surface area contributed by atoms with Gasteiger partial charge in [0.1, 0.15) is 11.0 Å². The maximum Gasteiger partial charge on any atom is 0.243 e. The second-order valence-corrected chi connectivity index (χ2v) is 6.37. The molecule has 2 heterocycles. The maximum absolute atomic E-state index is 12.1. The van der Waals surface area contributed by atoms with E-state index in [0.717, 1.165) is 25.9 Å². The molecule has 0 saturated carbocycles. The first-order valence-electron chi connectivity index (χ1n) is 6.60. The van der Waals surface area contributed by atoms with Crippen LogP contribution in [0, 0.1) is 11.3 Å². The monoisotopic (exact) mass is 295 g/mol. The average molecular weight is 295 g/mol. The van der Waals surface area contributed by atoms with Crippen LogP contribution in [0.3, 0.4) is 0 Å². The van der Waals surface area contributed by atoms with E-state index in [1.807, 2.05) is 0 Å². The first-order chi connectivity index (χ1) is 9.63. The third-order valence-electron chi connectivity index (χ3n) is 3.20. The molecule has 0 spiro atoms. The van der Waals surface area contributed by atoms with Crippen molar-refractivity contribution in [3.63, 3.8) is 0 Å². The lowest BCUT2D eigenvalue weighted by Crippen LogP contribution is -2.30. The summed E-state index contributed by atoms with van der Waals surface area (Å²) in [5, 5.41) is 8.89. The van der Waals surface area contributed by atoms with Crippen molar-refractivity contribution in [3.05, 3.63) is 24.0 Å². The maximum atomic E-state index is 12.1. The van der Waals surface area contributed by atoms with Gasteiger partial charge in [0.15, 0.2) is 5.69 Å². The van der Waals surface area contributed by atoms with Crippen LogP contribution in [0.15, 0.2) is 23.2 Å². The summed E-state index contributed by atoms with van der Waals surface area (Å²) < 4.78 is 32.3. The Balaban J connectivity index is 1.95. The van der Waals surface area contributed by atoms with Crippen molar-refractivity contribution in [2.75, 3.05) is 13.2 Å². The molecule has 0 aliphatic carbocycles. The van der Waals surface area contributed by atoms with E-state index < -0.39 is 10.0 Å². The summed E-state index contributed by atoms with van der Waals surface area (Å²) in [4.78, 5) is 3.68. The molecule has 0 aromatic carbocycles. The van der Waals surface area contributed by atoms with Crippen molar-refractivity contribution >= 4 is 10.0 Å². The van der Waals surface area contributed by atoms with Gasteiger partial charge in [0.05, 0.1) is 6.10 Å². The third-order valence-corrected chi connectivity index (χ3v) is 4.69. The number of ether oxygens (including phenoxy) is 1.